The number of hydrogen-bond donors (Lipinski definition) is 1. The van der Waals surface area contributed by atoms with E-state index in [-0.39, 0.29) is 18.6 Å². The average molecular weight is 463 g/mol. The topological polar surface area (TPSA) is 78.4 Å². The van der Waals surface area contributed by atoms with E-state index in [1.165, 1.54) is 7.11 Å². The summed E-state index contributed by atoms with van der Waals surface area (Å²) in [6.45, 7) is 2.10. The third kappa shape index (κ3) is 5.94. The maximum atomic E-state index is 11.9. The van der Waals surface area contributed by atoms with Crippen LogP contribution < -0.4 is 19.5 Å². The first kappa shape index (κ1) is 24.8. The number of aryl methyl sites for hydroxylation is 1. The second kappa shape index (κ2) is 11.9. The zero-order chi connectivity index (χ0) is 24.5. The number of carbonyl (C=O) groups excluding carboxylic acids is 1. The molecule has 7 nitrogen and oxygen atoms in total. The Morgan fingerprint density at radius 1 is 0.941 bits per heavy atom. The lowest BCUT2D eigenvalue weighted by Crippen LogP contribution is -2.29. The second-order valence-corrected chi connectivity index (χ2v) is 7.58. The Labute approximate surface area is 200 Å². The molecule has 0 aliphatic heterocycles. The van der Waals surface area contributed by atoms with E-state index in [9.17, 15) is 4.79 Å². The minimum Gasteiger partial charge on any atom is -0.493 e. The summed E-state index contributed by atoms with van der Waals surface area (Å²) in [4.78, 5) is 16.7. The fraction of sp³-hybridized carbons (Fsp3) is 0.259. The zero-order valence-electron chi connectivity index (χ0n) is 20.1. The van der Waals surface area contributed by atoms with Gasteiger partial charge in [0.15, 0.2) is 11.5 Å². The van der Waals surface area contributed by atoms with Gasteiger partial charge in [-0.3, -0.25) is 15.1 Å². The van der Waals surface area contributed by atoms with Crippen LogP contribution in [-0.4, -0.2) is 47.2 Å². The molecule has 0 bridgehead atoms. The Kier molecular flexibility index (Phi) is 8.65. The van der Waals surface area contributed by atoms with E-state index < -0.39 is 0 Å². The third-order valence-electron chi connectivity index (χ3n) is 5.34. The van der Waals surface area contributed by atoms with Gasteiger partial charge < -0.3 is 18.9 Å². The van der Waals surface area contributed by atoms with Crippen LogP contribution in [-0.2, 0) is 9.53 Å². The molecule has 0 spiro atoms. The molecular weight excluding hydrogens is 432 g/mol. The van der Waals surface area contributed by atoms with E-state index in [0.717, 1.165) is 27.9 Å². The van der Waals surface area contributed by atoms with Crippen LogP contribution in [0, 0.1) is 6.92 Å². The third-order valence-corrected chi connectivity index (χ3v) is 5.34. The fourth-order valence-corrected chi connectivity index (χ4v) is 3.65. The Balaban J connectivity index is 2.04. The average Bonchev–Trinajstić information content (AvgIpc) is 2.87. The minimum atomic E-state index is -0.337. The predicted molar refractivity (Wildman–Crippen MR) is 133 cm³/mol. The maximum Gasteiger partial charge on any atom is 0.319 e. The molecule has 7 heteroatoms. The Bertz CT molecular complexity index is 1120. The number of carbonyl (C=O) groups is 1. The van der Waals surface area contributed by atoms with Crippen LogP contribution in [0.15, 0.2) is 65.7 Å². The normalized spacial score (nSPS) is 11.8. The lowest BCUT2D eigenvalue weighted by Gasteiger charge is -2.21. The summed E-state index contributed by atoms with van der Waals surface area (Å²) in [6.07, 6.45) is 1.75. The molecular formula is C27H30N2O5. The molecule has 34 heavy (non-hydrogen) atoms. The SMILES string of the molecule is COC(=O)CNC(c1ccccc1)c1cc(C)ccc1N=Cc1cc(OC)c(OC)c(OC)c1. The molecule has 1 unspecified atom stereocenters. The van der Waals surface area contributed by atoms with E-state index in [2.05, 4.69) is 11.4 Å². The molecule has 0 amide bonds. The Hall–Kier alpha value is -3.84. The zero-order valence-corrected chi connectivity index (χ0v) is 20.1. The smallest absolute Gasteiger partial charge is 0.319 e. The van der Waals surface area contributed by atoms with E-state index in [1.807, 2.05) is 61.5 Å². The van der Waals surface area contributed by atoms with Crippen molar-refractivity contribution < 1.29 is 23.7 Å². The van der Waals surface area contributed by atoms with Crippen LogP contribution in [0.1, 0.15) is 28.3 Å². The summed E-state index contributed by atoms with van der Waals surface area (Å²) >= 11 is 0. The molecule has 0 heterocycles. The van der Waals surface area contributed by atoms with Crippen molar-refractivity contribution in [1.29, 1.82) is 0 Å². The van der Waals surface area contributed by atoms with Crippen LogP contribution >= 0.6 is 0 Å². The lowest BCUT2D eigenvalue weighted by molar-refractivity contribution is -0.139. The largest absolute Gasteiger partial charge is 0.493 e. The summed E-state index contributed by atoms with van der Waals surface area (Å²) in [6, 6.07) is 19.4. The highest BCUT2D eigenvalue weighted by Crippen LogP contribution is 2.38. The molecule has 0 saturated heterocycles. The first-order valence-corrected chi connectivity index (χ1v) is 10.8. The number of nitrogens with zero attached hydrogens (tertiary/aromatic N) is 1. The summed E-state index contributed by atoms with van der Waals surface area (Å²) < 4.78 is 21.1. The second-order valence-electron chi connectivity index (χ2n) is 7.58. The van der Waals surface area contributed by atoms with Crippen molar-refractivity contribution >= 4 is 17.9 Å². The van der Waals surface area contributed by atoms with Crippen LogP contribution in [0.5, 0.6) is 17.2 Å². The summed E-state index contributed by atoms with van der Waals surface area (Å²) in [5.74, 6) is 1.29. The molecule has 0 radical (unpaired) electrons. The molecule has 0 aromatic heterocycles. The first-order valence-electron chi connectivity index (χ1n) is 10.8. The maximum absolute atomic E-state index is 11.9. The van der Waals surface area contributed by atoms with Gasteiger partial charge in [0.1, 0.15) is 0 Å². The molecule has 3 aromatic carbocycles. The van der Waals surface area contributed by atoms with Crippen molar-refractivity contribution in [2.24, 2.45) is 4.99 Å². The predicted octanol–water partition coefficient (Wildman–Crippen LogP) is 4.62. The number of rotatable bonds is 10. The number of benzene rings is 3. The molecule has 0 aliphatic rings. The van der Waals surface area contributed by atoms with Crippen molar-refractivity contribution in [1.82, 2.24) is 5.32 Å². The van der Waals surface area contributed by atoms with Gasteiger partial charge in [-0.1, -0.05) is 48.0 Å². The standard InChI is InChI=1S/C27H30N2O5/c1-18-11-12-22(28-16-19-14-23(31-2)27(34-5)24(15-19)32-3)21(13-18)26(29-17-25(30)33-4)20-9-7-6-8-10-20/h6-16,26,29H,17H2,1-5H3. The van der Waals surface area contributed by atoms with Crippen LogP contribution in [0.4, 0.5) is 5.69 Å². The van der Waals surface area contributed by atoms with Crippen LogP contribution in [0.25, 0.3) is 0 Å². The van der Waals surface area contributed by atoms with E-state index in [0.29, 0.717) is 17.2 Å². The number of nitrogens with one attached hydrogen (secondary N) is 1. The Morgan fingerprint density at radius 3 is 2.21 bits per heavy atom. The molecule has 0 saturated carbocycles. The highest BCUT2D eigenvalue weighted by molar-refractivity contribution is 5.85. The van der Waals surface area contributed by atoms with Crippen molar-refractivity contribution in [2.75, 3.05) is 35.0 Å². The molecule has 0 aliphatic carbocycles. The molecule has 1 N–H and O–H groups in total. The van der Waals surface area contributed by atoms with E-state index >= 15 is 0 Å². The molecule has 3 aromatic rings. The van der Waals surface area contributed by atoms with Gasteiger partial charge in [0.25, 0.3) is 0 Å². The quantitative estimate of drug-likeness (QED) is 0.350. The van der Waals surface area contributed by atoms with Crippen molar-refractivity contribution in [3.63, 3.8) is 0 Å². The van der Waals surface area contributed by atoms with Crippen molar-refractivity contribution in [2.45, 2.75) is 13.0 Å². The van der Waals surface area contributed by atoms with Gasteiger partial charge in [0.05, 0.1) is 46.7 Å². The molecule has 0 fully saturated rings. The van der Waals surface area contributed by atoms with Crippen molar-refractivity contribution in [3.8, 4) is 17.2 Å². The summed E-state index contributed by atoms with van der Waals surface area (Å²) in [7, 11) is 6.10. The Morgan fingerprint density at radius 2 is 1.62 bits per heavy atom. The molecule has 178 valence electrons. The highest BCUT2D eigenvalue weighted by Gasteiger charge is 2.19. The van der Waals surface area contributed by atoms with Gasteiger partial charge in [-0.15, -0.1) is 0 Å². The lowest BCUT2D eigenvalue weighted by atomic mass is 9.95. The highest BCUT2D eigenvalue weighted by atomic mass is 16.5. The van der Waals surface area contributed by atoms with Gasteiger partial charge in [0, 0.05) is 11.8 Å². The van der Waals surface area contributed by atoms with Crippen molar-refractivity contribution in [3.05, 3.63) is 82.9 Å². The van der Waals surface area contributed by atoms with Gasteiger partial charge in [-0.25, -0.2) is 0 Å². The van der Waals surface area contributed by atoms with Gasteiger partial charge in [-0.2, -0.15) is 0 Å². The molecule has 3 rings (SSSR count). The number of esters is 1. The van der Waals surface area contributed by atoms with E-state index in [4.69, 9.17) is 23.9 Å². The monoisotopic (exact) mass is 462 g/mol. The number of ether oxygens (including phenoxy) is 4. The van der Waals surface area contributed by atoms with Gasteiger partial charge in [0.2, 0.25) is 5.75 Å². The molecule has 1 atom stereocenters. The number of methoxy groups -OCH3 is 4. The summed E-state index contributed by atoms with van der Waals surface area (Å²) in [5.41, 5.74) is 4.60. The van der Waals surface area contributed by atoms with Crippen LogP contribution in [0.2, 0.25) is 0 Å². The van der Waals surface area contributed by atoms with Crippen LogP contribution in [0.3, 0.4) is 0 Å². The number of aliphatic imine (C=N–C) groups is 1. The van der Waals surface area contributed by atoms with Gasteiger partial charge in [-0.05, 0) is 36.2 Å². The fourth-order valence-electron chi connectivity index (χ4n) is 3.65. The number of hydrogen-bond acceptors (Lipinski definition) is 7. The van der Waals surface area contributed by atoms with Gasteiger partial charge >= 0.3 is 5.97 Å². The first-order chi connectivity index (χ1) is 16.5. The minimum absolute atomic E-state index is 0.0695. The van der Waals surface area contributed by atoms with E-state index in [1.54, 1.807) is 27.5 Å². The summed E-state index contributed by atoms with van der Waals surface area (Å²) in [5, 5.41) is 3.32.